The molecule has 2 N–H and O–H groups in total. The Hall–Kier alpha value is -3.84. The highest BCUT2D eigenvalue weighted by Gasteiger charge is 2.41. The first-order valence-electron chi connectivity index (χ1n) is 12.2. The molecule has 8 heteroatoms. The number of allylic oxidation sites excluding steroid dienone is 3. The van der Waals surface area contributed by atoms with Crippen molar-refractivity contribution in [2.75, 3.05) is 5.32 Å². The molecule has 0 radical (unpaired) electrons. The molecule has 3 aromatic carbocycles. The minimum atomic E-state index is -4.55. The van der Waals surface area contributed by atoms with Gasteiger partial charge in [0.15, 0.2) is 5.78 Å². The molecule has 1 aliphatic carbocycles. The van der Waals surface area contributed by atoms with Crippen molar-refractivity contribution in [3.05, 3.63) is 123 Å². The van der Waals surface area contributed by atoms with Crippen LogP contribution in [0.1, 0.15) is 48.3 Å². The number of dihydropyridines is 1. The summed E-state index contributed by atoms with van der Waals surface area (Å²) in [6.07, 6.45) is -3.70. The molecule has 38 heavy (non-hydrogen) atoms. The van der Waals surface area contributed by atoms with E-state index in [4.69, 9.17) is 11.6 Å². The van der Waals surface area contributed by atoms with Gasteiger partial charge < -0.3 is 10.6 Å². The number of amides is 1. The van der Waals surface area contributed by atoms with Gasteiger partial charge in [-0.25, -0.2) is 0 Å². The number of anilines is 1. The van der Waals surface area contributed by atoms with Gasteiger partial charge in [0.25, 0.3) is 5.91 Å². The van der Waals surface area contributed by atoms with E-state index in [1.54, 1.807) is 31.2 Å². The van der Waals surface area contributed by atoms with E-state index in [1.165, 1.54) is 12.1 Å². The van der Waals surface area contributed by atoms with Crippen molar-refractivity contribution in [3.63, 3.8) is 0 Å². The summed E-state index contributed by atoms with van der Waals surface area (Å²) < 4.78 is 39.7. The van der Waals surface area contributed by atoms with Crippen LogP contribution in [0.5, 0.6) is 0 Å². The summed E-state index contributed by atoms with van der Waals surface area (Å²) in [7, 11) is 0. The van der Waals surface area contributed by atoms with Gasteiger partial charge in [-0.3, -0.25) is 9.59 Å². The number of nitrogens with one attached hydrogen (secondary N) is 2. The van der Waals surface area contributed by atoms with Crippen LogP contribution in [-0.2, 0) is 15.8 Å². The van der Waals surface area contributed by atoms with Gasteiger partial charge in [-0.2, -0.15) is 13.2 Å². The normalized spacial score (nSPS) is 19.7. The van der Waals surface area contributed by atoms with Crippen LogP contribution in [0.2, 0.25) is 5.02 Å². The summed E-state index contributed by atoms with van der Waals surface area (Å²) in [5.41, 5.74) is 2.71. The van der Waals surface area contributed by atoms with E-state index >= 15 is 0 Å². The third kappa shape index (κ3) is 4.98. The number of rotatable bonds is 4. The Morgan fingerprint density at radius 1 is 0.974 bits per heavy atom. The number of Topliss-reactive ketones (excluding diaryl/α,β-unsaturated/α-hetero) is 1. The van der Waals surface area contributed by atoms with Crippen LogP contribution < -0.4 is 10.6 Å². The number of carbonyl (C=O) groups is 2. The van der Waals surface area contributed by atoms with Gasteiger partial charge in [-0.05, 0) is 54.7 Å². The van der Waals surface area contributed by atoms with Crippen LogP contribution in [0.3, 0.4) is 0 Å². The molecule has 2 aliphatic rings. The summed E-state index contributed by atoms with van der Waals surface area (Å²) in [6.45, 7) is 1.73. The predicted molar refractivity (Wildman–Crippen MR) is 141 cm³/mol. The number of hydrogen-bond donors (Lipinski definition) is 2. The molecule has 3 aromatic rings. The van der Waals surface area contributed by atoms with Gasteiger partial charge in [0, 0.05) is 45.6 Å². The van der Waals surface area contributed by atoms with Crippen molar-refractivity contribution in [2.45, 2.75) is 37.8 Å². The fourth-order valence-corrected chi connectivity index (χ4v) is 5.54. The highest BCUT2D eigenvalue weighted by atomic mass is 35.5. The third-order valence-corrected chi connectivity index (χ3v) is 7.35. The summed E-state index contributed by atoms with van der Waals surface area (Å²) in [5.74, 6) is -1.50. The largest absolute Gasteiger partial charge is 0.416 e. The Balaban J connectivity index is 1.55. The number of ketones is 1. The fourth-order valence-electron chi connectivity index (χ4n) is 5.29. The van der Waals surface area contributed by atoms with Crippen LogP contribution in [0.25, 0.3) is 0 Å². The standard InChI is InChI=1S/C30H24ClF3N2O2/c1-17-26(29(38)36-21-11-7-10-20(16-21)30(32,33)34)27(22-12-5-6-13-23(22)31)28-24(35-17)14-19(15-25(28)37)18-8-3-2-4-9-18/h2-13,16,19,27,35H,14-15H2,1H3,(H,36,38)/t19-,27-/m1/s1. The van der Waals surface area contributed by atoms with E-state index in [1.807, 2.05) is 30.3 Å². The van der Waals surface area contributed by atoms with Crippen LogP contribution in [0.4, 0.5) is 18.9 Å². The lowest BCUT2D eigenvalue weighted by Gasteiger charge is -2.37. The second-order valence-corrected chi connectivity index (χ2v) is 9.89. The van der Waals surface area contributed by atoms with Crippen molar-refractivity contribution in [1.82, 2.24) is 5.32 Å². The van der Waals surface area contributed by atoms with Crippen LogP contribution in [0, 0.1) is 0 Å². The highest BCUT2D eigenvalue weighted by molar-refractivity contribution is 6.31. The summed E-state index contributed by atoms with van der Waals surface area (Å²) in [4.78, 5) is 27.3. The molecule has 0 fully saturated rings. The molecule has 4 nitrogen and oxygen atoms in total. The molecular formula is C30H24ClF3N2O2. The Labute approximate surface area is 223 Å². The van der Waals surface area contributed by atoms with Gasteiger partial charge in [0.2, 0.25) is 0 Å². The molecule has 1 heterocycles. The molecule has 0 spiro atoms. The molecule has 0 bridgehead atoms. The quantitative estimate of drug-likeness (QED) is 0.366. The van der Waals surface area contributed by atoms with Crippen LogP contribution in [0.15, 0.2) is 101 Å². The number of benzene rings is 3. The Morgan fingerprint density at radius 3 is 2.39 bits per heavy atom. The van der Waals surface area contributed by atoms with Crippen molar-refractivity contribution >= 4 is 29.0 Å². The summed E-state index contributed by atoms with van der Waals surface area (Å²) >= 11 is 6.58. The van der Waals surface area contributed by atoms with Crippen molar-refractivity contribution in [1.29, 1.82) is 0 Å². The number of hydrogen-bond acceptors (Lipinski definition) is 3. The second kappa shape index (κ2) is 10.1. The lowest BCUT2D eigenvalue weighted by Crippen LogP contribution is -2.37. The second-order valence-electron chi connectivity index (χ2n) is 9.48. The van der Waals surface area contributed by atoms with E-state index in [0.717, 1.165) is 23.4 Å². The zero-order valence-corrected chi connectivity index (χ0v) is 21.2. The Kier molecular flexibility index (Phi) is 6.88. The van der Waals surface area contributed by atoms with Gasteiger partial charge in [-0.1, -0.05) is 66.2 Å². The van der Waals surface area contributed by atoms with E-state index < -0.39 is 23.6 Å². The topological polar surface area (TPSA) is 58.2 Å². The minimum absolute atomic E-state index is 0.00178. The lowest BCUT2D eigenvalue weighted by atomic mass is 9.71. The van der Waals surface area contributed by atoms with E-state index in [0.29, 0.717) is 28.3 Å². The monoisotopic (exact) mass is 536 g/mol. The Bertz CT molecular complexity index is 1480. The fraction of sp³-hybridized carbons (Fsp3) is 0.200. The first-order chi connectivity index (χ1) is 18.1. The van der Waals surface area contributed by atoms with E-state index in [2.05, 4.69) is 10.6 Å². The van der Waals surface area contributed by atoms with Crippen LogP contribution in [-0.4, -0.2) is 11.7 Å². The van der Waals surface area contributed by atoms with E-state index in [-0.39, 0.29) is 29.4 Å². The molecule has 0 saturated heterocycles. The molecule has 0 saturated carbocycles. The zero-order valence-electron chi connectivity index (χ0n) is 20.4. The van der Waals surface area contributed by atoms with Crippen molar-refractivity contribution in [2.24, 2.45) is 0 Å². The predicted octanol–water partition coefficient (Wildman–Crippen LogP) is 7.36. The molecule has 194 valence electrons. The van der Waals surface area contributed by atoms with E-state index in [9.17, 15) is 22.8 Å². The molecule has 1 amide bonds. The summed E-state index contributed by atoms with van der Waals surface area (Å²) in [5, 5.41) is 6.27. The first kappa shape index (κ1) is 25.8. The molecule has 5 rings (SSSR count). The third-order valence-electron chi connectivity index (χ3n) is 7.01. The van der Waals surface area contributed by atoms with Crippen LogP contribution >= 0.6 is 11.6 Å². The highest BCUT2D eigenvalue weighted by Crippen LogP contribution is 2.47. The SMILES string of the molecule is CC1=C(C(=O)Nc2cccc(C(F)(F)F)c2)[C@@H](c2ccccc2Cl)C2=C(C[C@@H](c3ccccc3)CC2=O)N1. The number of halogens is 4. The zero-order chi connectivity index (χ0) is 27.0. The first-order valence-corrected chi connectivity index (χ1v) is 12.5. The minimum Gasteiger partial charge on any atom is -0.362 e. The maximum atomic E-state index is 13.7. The molecule has 0 aromatic heterocycles. The molecule has 1 aliphatic heterocycles. The average Bonchev–Trinajstić information content (AvgIpc) is 2.88. The molecule has 2 atom stereocenters. The average molecular weight is 537 g/mol. The maximum Gasteiger partial charge on any atom is 0.416 e. The van der Waals surface area contributed by atoms with Crippen molar-refractivity contribution in [3.8, 4) is 0 Å². The maximum absolute atomic E-state index is 13.7. The molecular weight excluding hydrogens is 513 g/mol. The smallest absolute Gasteiger partial charge is 0.362 e. The van der Waals surface area contributed by atoms with Gasteiger partial charge >= 0.3 is 6.18 Å². The lowest BCUT2D eigenvalue weighted by molar-refractivity contribution is -0.137. The number of carbonyl (C=O) groups excluding carboxylic acids is 2. The molecule has 0 unspecified atom stereocenters. The number of alkyl halides is 3. The summed E-state index contributed by atoms with van der Waals surface area (Å²) in [6, 6.07) is 21.2. The van der Waals surface area contributed by atoms with Crippen molar-refractivity contribution < 1.29 is 22.8 Å². The van der Waals surface area contributed by atoms with Gasteiger partial charge in [-0.15, -0.1) is 0 Å². The van der Waals surface area contributed by atoms with Gasteiger partial charge in [0.1, 0.15) is 0 Å². The van der Waals surface area contributed by atoms with Gasteiger partial charge in [0.05, 0.1) is 5.56 Å². The Morgan fingerprint density at radius 2 is 1.68 bits per heavy atom.